The summed E-state index contributed by atoms with van der Waals surface area (Å²) in [5, 5.41) is 14.4. The summed E-state index contributed by atoms with van der Waals surface area (Å²) in [4.78, 5) is 38.2. The summed E-state index contributed by atoms with van der Waals surface area (Å²) in [6.07, 6.45) is 5.34. The largest absolute Gasteiger partial charge is 0.382 e. The highest BCUT2D eigenvalue weighted by Gasteiger charge is 2.29. The molecule has 1 atom stereocenters. The lowest BCUT2D eigenvalue weighted by molar-refractivity contribution is -0.117. The van der Waals surface area contributed by atoms with E-state index in [1.807, 2.05) is 0 Å². The third-order valence-corrected chi connectivity index (χ3v) is 5.03. The van der Waals surface area contributed by atoms with Crippen LogP contribution < -0.4 is 10.6 Å². The van der Waals surface area contributed by atoms with E-state index < -0.39 is 23.6 Å². The Kier molecular flexibility index (Phi) is 7.36. The molecule has 0 unspecified atom stereocenters. The van der Waals surface area contributed by atoms with E-state index in [1.165, 1.54) is 7.11 Å². The number of hydrogen-bond acceptors (Lipinski definition) is 5. The van der Waals surface area contributed by atoms with Crippen LogP contribution in [0.2, 0.25) is 0 Å². The standard InChI is InChI=1S/C23H24N4O4/c1-7-17(12-31-6)25-23(30)21(28)19-14(3)20(27(5)15(19)4)22(29)26-18-9-8-13(2)16(10-18)11-24/h1,8-10,17H,12H2,2-6H3,(H,25,30)(H,26,29)/t17-/m1/s1. The molecule has 0 spiro atoms. The Morgan fingerprint density at radius 1 is 1.26 bits per heavy atom. The van der Waals surface area contributed by atoms with Gasteiger partial charge in [-0.15, -0.1) is 6.42 Å². The Morgan fingerprint density at radius 2 is 1.94 bits per heavy atom. The molecule has 0 aliphatic heterocycles. The fourth-order valence-electron chi connectivity index (χ4n) is 3.28. The highest BCUT2D eigenvalue weighted by Crippen LogP contribution is 2.23. The number of nitrogens with zero attached hydrogens (tertiary/aromatic N) is 2. The van der Waals surface area contributed by atoms with Crippen molar-refractivity contribution in [3.63, 3.8) is 0 Å². The van der Waals surface area contributed by atoms with Gasteiger partial charge < -0.3 is 19.9 Å². The molecule has 0 fully saturated rings. The van der Waals surface area contributed by atoms with Gasteiger partial charge in [-0.1, -0.05) is 12.0 Å². The number of ketones is 1. The summed E-state index contributed by atoms with van der Waals surface area (Å²) < 4.78 is 6.47. The maximum atomic E-state index is 12.9. The normalized spacial score (nSPS) is 11.2. The van der Waals surface area contributed by atoms with Crippen molar-refractivity contribution in [3.8, 4) is 18.4 Å². The van der Waals surface area contributed by atoms with Crippen LogP contribution in [0.1, 0.15) is 43.2 Å². The number of amides is 2. The van der Waals surface area contributed by atoms with Gasteiger partial charge in [-0.2, -0.15) is 5.26 Å². The van der Waals surface area contributed by atoms with E-state index >= 15 is 0 Å². The zero-order chi connectivity index (χ0) is 23.3. The van der Waals surface area contributed by atoms with Gasteiger partial charge in [0.2, 0.25) is 0 Å². The van der Waals surface area contributed by atoms with Gasteiger partial charge in [0.1, 0.15) is 11.7 Å². The lowest BCUT2D eigenvalue weighted by Crippen LogP contribution is -2.41. The first-order chi connectivity index (χ1) is 14.7. The molecule has 1 aromatic carbocycles. The van der Waals surface area contributed by atoms with E-state index in [0.29, 0.717) is 22.5 Å². The van der Waals surface area contributed by atoms with Crippen molar-refractivity contribution in [2.75, 3.05) is 19.0 Å². The van der Waals surface area contributed by atoms with Crippen molar-refractivity contribution < 1.29 is 19.1 Å². The van der Waals surface area contributed by atoms with Crippen molar-refractivity contribution in [2.24, 2.45) is 7.05 Å². The minimum atomic E-state index is -0.874. The van der Waals surface area contributed by atoms with Gasteiger partial charge in [-0.25, -0.2) is 0 Å². The first-order valence-corrected chi connectivity index (χ1v) is 9.44. The van der Waals surface area contributed by atoms with Crippen LogP contribution in [0.4, 0.5) is 5.69 Å². The number of carbonyl (C=O) groups is 3. The molecule has 2 amide bonds. The van der Waals surface area contributed by atoms with Gasteiger partial charge in [0.05, 0.1) is 23.8 Å². The molecule has 0 saturated carbocycles. The van der Waals surface area contributed by atoms with Crippen LogP contribution in [0.5, 0.6) is 0 Å². The second-order valence-electron chi connectivity index (χ2n) is 7.07. The van der Waals surface area contributed by atoms with Gasteiger partial charge in [0.15, 0.2) is 0 Å². The molecule has 0 bridgehead atoms. The van der Waals surface area contributed by atoms with E-state index in [0.717, 1.165) is 5.56 Å². The molecule has 2 aromatic rings. The molecule has 8 nitrogen and oxygen atoms in total. The Balaban J connectivity index is 2.34. The Bertz CT molecular complexity index is 1130. The third kappa shape index (κ3) is 4.82. The number of aromatic nitrogens is 1. The van der Waals surface area contributed by atoms with E-state index in [2.05, 4.69) is 22.6 Å². The van der Waals surface area contributed by atoms with Crippen LogP contribution >= 0.6 is 0 Å². The summed E-state index contributed by atoms with van der Waals surface area (Å²) in [6.45, 7) is 5.12. The zero-order valence-corrected chi connectivity index (χ0v) is 18.1. The average molecular weight is 420 g/mol. The molecular weight excluding hydrogens is 396 g/mol. The summed E-state index contributed by atoms with van der Waals surface area (Å²) in [5.41, 5.74) is 2.90. The number of anilines is 1. The summed E-state index contributed by atoms with van der Waals surface area (Å²) >= 11 is 0. The predicted octanol–water partition coefficient (Wildman–Crippen LogP) is 2.02. The smallest absolute Gasteiger partial charge is 0.293 e. The molecular formula is C23H24N4O4. The monoisotopic (exact) mass is 420 g/mol. The number of terminal acetylenes is 1. The fraction of sp³-hybridized carbons (Fsp3) is 0.304. The number of aryl methyl sites for hydroxylation is 1. The van der Waals surface area contributed by atoms with E-state index in [-0.39, 0.29) is 17.9 Å². The molecule has 0 radical (unpaired) electrons. The minimum Gasteiger partial charge on any atom is -0.382 e. The SMILES string of the molecule is C#C[C@H](COC)NC(=O)C(=O)c1c(C)c(C(=O)Nc2ccc(C)c(C#N)c2)n(C)c1C. The van der Waals surface area contributed by atoms with Crippen LogP contribution in [0.3, 0.4) is 0 Å². The Hall–Kier alpha value is -3.88. The molecule has 31 heavy (non-hydrogen) atoms. The minimum absolute atomic E-state index is 0.0666. The number of nitrogens with one attached hydrogen (secondary N) is 2. The van der Waals surface area contributed by atoms with Crippen LogP contribution in [0.25, 0.3) is 0 Å². The van der Waals surface area contributed by atoms with Crippen LogP contribution in [0, 0.1) is 44.4 Å². The fourth-order valence-corrected chi connectivity index (χ4v) is 3.28. The average Bonchev–Trinajstić information content (AvgIpc) is 2.96. The molecule has 1 heterocycles. The van der Waals surface area contributed by atoms with Crippen LogP contribution in [-0.2, 0) is 16.6 Å². The van der Waals surface area contributed by atoms with Crippen LogP contribution in [-0.4, -0.2) is 41.9 Å². The highest BCUT2D eigenvalue weighted by atomic mass is 16.5. The zero-order valence-electron chi connectivity index (χ0n) is 18.1. The molecule has 0 saturated heterocycles. The summed E-state index contributed by atoms with van der Waals surface area (Å²) in [6, 6.07) is 6.33. The highest BCUT2D eigenvalue weighted by molar-refractivity contribution is 6.43. The van der Waals surface area contributed by atoms with Crippen molar-refractivity contribution in [3.05, 3.63) is 51.8 Å². The molecule has 0 aliphatic carbocycles. The number of ether oxygens (including phenoxy) is 1. The number of nitriles is 1. The summed E-state index contributed by atoms with van der Waals surface area (Å²) in [7, 11) is 3.07. The Labute approximate surface area is 181 Å². The molecule has 0 aliphatic rings. The number of methoxy groups -OCH3 is 1. The summed E-state index contributed by atoms with van der Waals surface area (Å²) in [5.74, 6) is 0.219. The topological polar surface area (TPSA) is 113 Å². The predicted molar refractivity (Wildman–Crippen MR) is 116 cm³/mol. The molecule has 1 aromatic heterocycles. The van der Waals surface area contributed by atoms with E-state index in [9.17, 15) is 19.6 Å². The van der Waals surface area contributed by atoms with Gasteiger partial charge in [0.25, 0.3) is 17.6 Å². The van der Waals surface area contributed by atoms with Crippen LogP contribution in [0.15, 0.2) is 18.2 Å². The van der Waals surface area contributed by atoms with Gasteiger partial charge >= 0.3 is 0 Å². The second-order valence-corrected chi connectivity index (χ2v) is 7.07. The Morgan fingerprint density at radius 3 is 2.52 bits per heavy atom. The van der Waals surface area contributed by atoms with E-state index in [4.69, 9.17) is 11.2 Å². The lowest BCUT2D eigenvalue weighted by atomic mass is 10.0. The first kappa shape index (κ1) is 23.4. The lowest BCUT2D eigenvalue weighted by Gasteiger charge is -2.11. The number of Topliss-reactive ketones (excluding diaryl/α,β-unsaturated/α-hetero) is 1. The van der Waals surface area contributed by atoms with E-state index in [1.54, 1.807) is 50.6 Å². The number of benzene rings is 1. The third-order valence-electron chi connectivity index (χ3n) is 5.03. The molecule has 2 N–H and O–H groups in total. The number of carbonyl (C=O) groups excluding carboxylic acids is 3. The maximum Gasteiger partial charge on any atom is 0.293 e. The molecule has 160 valence electrons. The first-order valence-electron chi connectivity index (χ1n) is 9.44. The number of rotatable bonds is 7. The van der Waals surface area contributed by atoms with Gasteiger partial charge in [0, 0.05) is 25.5 Å². The van der Waals surface area contributed by atoms with Crippen molar-refractivity contribution >= 4 is 23.3 Å². The quantitative estimate of drug-likeness (QED) is 0.404. The van der Waals surface area contributed by atoms with Crippen molar-refractivity contribution in [1.82, 2.24) is 9.88 Å². The van der Waals surface area contributed by atoms with Gasteiger partial charge in [-0.3, -0.25) is 14.4 Å². The maximum absolute atomic E-state index is 12.9. The van der Waals surface area contributed by atoms with Gasteiger partial charge in [-0.05, 0) is 44.0 Å². The molecule has 8 heteroatoms. The molecule has 2 rings (SSSR count). The number of hydrogen-bond donors (Lipinski definition) is 2. The second kappa shape index (κ2) is 9.75. The van der Waals surface area contributed by atoms with Crippen molar-refractivity contribution in [1.29, 1.82) is 5.26 Å². The van der Waals surface area contributed by atoms with Crippen molar-refractivity contribution in [2.45, 2.75) is 26.8 Å².